The Balaban J connectivity index is 2.03. The van der Waals surface area contributed by atoms with Crippen molar-refractivity contribution >= 4 is 50.5 Å². The van der Waals surface area contributed by atoms with Gasteiger partial charge in [-0.1, -0.05) is 29.3 Å². The van der Waals surface area contributed by atoms with Gasteiger partial charge < -0.3 is 9.64 Å². The second-order valence-corrected chi connectivity index (χ2v) is 8.25. The maximum atomic E-state index is 12.8. The fraction of sp³-hybridized carbons (Fsp3) is 0.235. The largest absolute Gasteiger partial charge is 0.489 e. The first-order valence-electron chi connectivity index (χ1n) is 7.73. The van der Waals surface area contributed by atoms with Crippen molar-refractivity contribution in [2.24, 2.45) is 0 Å². The highest BCUT2D eigenvalue weighted by Crippen LogP contribution is 2.39. The average molecular weight is 415 g/mol. The Morgan fingerprint density at radius 2 is 1.96 bits per heavy atom. The third-order valence-corrected chi connectivity index (χ3v) is 6.30. The first-order chi connectivity index (χ1) is 12.2. The molecule has 0 fully saturated rings. The molecule has 6 nitrogen and oxygen atoms in total. The van der Waals surface area contributed by atoms with E-state index in [0.29, 0.717) is 34.3 Å². The molecule has 0 aromatic heterocycles. The molecule has 1 heterocycles. The molecule has 1 N–H and O–H groups in total. The Morgan fingerprint density at radius 1 is 1.23 bits per heavy atom. The molecule has 0 saturated carbocycles. The molecule has 0 spiro atoms. The standard InChI is InChI=1S/C17H16Cl2N2O4S/c1-10-12(18)4-3-5-14(10)20-26(23,24)17-9-16-15(8-13(17)19)21(11(2)22)6-7-25-16/h3-5,8-9,20H,6-7H2,1-2H3. The minimum absolute atomic E-state index is 0.00678. The molecule has 0 radical (unpaired) electrons. The lowest BCUT2D eigenvalue weighted by Crippen LogP contribution is -2.36. The third-order valence-electron chi connectivity index (χ3n) is 4.06. The van der Waals surface area contributed by atoms with Gasteiger partial charge in [-0.15, -0.1) is 0 Å². The molecule has 1 aliphatic heterocycles. The summed E-state index contributed by atoms with van der Waals surface area (Å²) >= 11 is 12.3. The van der Waals surface area contributed by atoms with Crippen LogP contribution in [0.1, 0.15) is 12.5 Å². The van der Waals surface area contributed by atoms with Gasteiger partial charge in [0, 0.05) is 18.0 Å². The van der Waals surface area contributed by atoms with Crippen LogP contribution in [-0.4, -0.2) is 27.5 Å². The van der Waals surface area contributed by atoms with Crippen molar-refractivity contribution in [1.82, 2.24) is 0 Å². The molecule has 0 saturated heterocycles. The number of halogens is 2. The zero-order valence-electron chi connectivity index (χ0n) is 14.0. The minimum atomic E-state index is -3.98. The van der Waals surface area contributed by atoms with Crippen LogP contribution in [0.3, 0.4) is 0 Å². The van der Waals surface area contributed by atoms with Crippen LogP contribution in [0, 0.1) is 6.92 Å². The monoisotopic (exact) mass is 414 g/mol. The van der Waals surface area contributed by atoms with E-state index < -0.39 is 10.0 Å². The number of hydrogen-bond acceptors (Lipinski definition) is 4. The van der Waals surface area contributed by atoms with Crippen molar-refractivity contribution in [3.63, 3.8) is 0 Å². The van der Waals surface area contributed by atoms with Gasteiger partial charge in [0.25, 0.3) is 10.0 Å². The molecule has 1 aliphatic rings. The van der Waals surface area contributed by atoms with Gasteiger partial charge >= 0.3 is 0 Å². The SMILES string of the molecule is CC(=O)N1CCOc2cc(S(=O)(=O)Nc3cccc(Cl)c3C)c(Cl)cc21. The van der Waals surface area contributed by atoms with E-state index in [0.717, 1.165) is 0 Å². The molecule has 3 rings (SSSR count). The van der Waals surface area contributed by atoms with Gasteiger partial charge in [0.05, 0.1) is 22.9 Å². The molecule has 9 heteroatoms. The van der Waals surface area contributed by atoms with Gasteiger partial charge in [0.15, 0.2) is 0 Å². The molecule has 0 bridgehead atoms. The number of carbonyl (C=O) groups is 1. The van der Waals surface area contributed by atoms with Crippen LogP contribution >= 0.6 is 23.2 Å². The lowest BCUT2D eigenvalue weighted by Gasteiger charge is -2.29. The van der Waals surface area contributed by atoms with E-state index in [9.17, 15) is 13.2 Å². The van der Waals surface area contributed by atoms with Gasteiger partial charge in [0.2, 0.25) is 5.91 Å². The highest BCUT2D eigenvalue weighted by atomic mass is 35.5. The summed E-state index contributed by atoms with van der Waals surface area (Å²) in [5.74, 6) is 0.118. The number of hydrogen-bond donors (Lipinski definition) is 1. The molecule has 2 aromatic carbocycles. The summed E-state index contributed by atoms with van der Waals surface area (Å²) in [5, 5.41) is 0.440. The normalized spacial score (nSPS) is 13.8. The number of carbonyl (C=O) groups excluding carboxylic acids is 1. The van der Waals surface area contributed by atoms with E-state index in [1.807, 2.05) is 0 Å². The lowest BCUT2D eigenvalue weighted by molar-refractivity contribution is -0.116. The molecule has 0 atom stereocenters. The number of anilines is 2. The summed E-state index contributed by atoms with van der Waals surface area (Å²) in [6.45, 7) is 3.79. The second-order valence-electron chi connectivity index (χ2n) is 5.79. The van der Waals surface area contributed by atoms with E-state index in [-0.39, 0.29) is 22.4 Å². The van der Waals surface area contributed by atoms with Crippen LogP contribution in [0.25, 0.3) is 0 Å². The number of rotatable bonds is 3. The summed E-state index contributed by atoms with van der Waals surface area (Å²) in [4.78, 5) is 13.1. The molecular formula is C17H16Cl2N2O4S. The maximum absolute atomic E-state index is 12.8. The van der Waals surface area contributed by atoms with Gasteiger partial charge in [-0.3, -0.25) is 9.52 Å². The summed E-state index contributed by atoms with van der Waals surface area (Å²) in [5.41, 5.74) is 1.41. The van der Waals surface area contributed by atoms with Crippen molar-refractivity contribution in [3.8, 4) is 5.75 Å². The number of nitrogens with zero attached hydrogens (tertiary/aromatic N) is 1. The molecular weight excluding hydrogens is 399 g/mol. The van der Waals surface area contributed by atoms with E-state index in [2.05, 4.69) is 4.72 Å². The fourth-order valence-electron chi connectivity index (χ4n) is 2.67. The van der Waals surface area contributed by atoms with E-state index in [4.69, 9.17) is 27.9 Å². The molecule has 138 valence electrons. The van der Waals surface area contributed by atoms with Crippen molar-refractivity contribution < 1.29 is 17.9 Å². The zero-order valence-corrected chi connectivity index (χ0v) is 16.4. The number of benzene rings is 2. The Labute approximate surface area is 161 Å². The number of amides is 1. The summed E-state index contributed by atoms with van der Waals surface area (Å²) in [6, 6.07) is 7.69. The Kier molecular flexibility index (Phi) is 5.05. The molecule has 26 heavy (non-hydrogen) atoms. The topological polar surface area (TPSA) is 75.7 Å². The van der Waals surface area contributed by atoms with Crippen LogP contribution in [0.4, 0.5) is 11.4 Å². The number of sulfonamides is 1. The number of nitrogens with one attached hydrogen (secondary N) is 1. The fourth-order valence-corrected chi connectivity index (χ4v) is 4.50. The third kappa shape index (κ3) is 3.47. The van der Waals surface area contributed by atoms with Crippen molar-refractivity contribution in [3.05, 3.63) is 45.9 Å². The second kappa shape index (κ2) is 6.98. The Bertz CT molecular complexity index is 992. The lowest BCUT2D eigenvalue weighted by atomic mass is 10.2. The Hall–Kier alpha value is -1.96. The predicted octanol–water partition coefficient (Wildman–Crippen LogP) is 3.85. The van der Waals surface area contributed by atoms with Crippen molar-refractivity contribution in [2.75, 3.05) is 22.8 Å². The first kappa shape index (κ1) is 18.8. The van der Waals surface area contributed by atoms with E-state index in [1.54, 1.807) is 25.1 Å². The zero-order chi connectivity index (χ0) is 19.1. The summed E-state index contributed by atoms with van der Waals surface area (Å²) < 4.78 is 33.6. The highest BCUT2D eigenvalue weighted by Gasteiger charge is 2.27. The number of ether oxygens (including phenoxy) is 1. The molecule has 0 aliphatic carbocycles. The van der Waals surface area contributed by atoms with Crippen LogP contribution in [-0.2, 0) is 14.8 Å². The maximum Gasteiger partial charge on any atom is 0.263 e. The minimum Gasteiger partial charge on any atom is -0.489 e. The average Bonchev–Trinajstić information content (AvgIpc) is 2.57. The van der Waals surface area contributed by atoms with Gasteiger partial charge in [-0.2, -0.15) is 0 Å². The van der Waals surface area contributed by atoms with Crippen molar-refractivity contribution in [2.45, 2.75) is 18.7 Å². The van der Waals surface area contributed by atoms with Crippen LogP contribution < -0.4 is 14.4 Å². The van der Waals surface area contributed by atoms with Gasteiger partial charge in [-0.25, -0.2) is 8.42 Å². The number of fused-ring (bicyclic) bond motifs is 1. The van der Waals surface area contributed by atoms with Crippen LogP contribution in [0.5, 0.6) is 5.75 Å². The summed E-state index contributed by atoms with van der Waals surface area (Å²) in [7, 11) is -3.98. The van der Waals surface area contributed by atoms with E-state index >= 15 is 0 Å². The molecule has 0 unspecified atom stereocenters. The van der Waals surface area contributed by atoms with E-state index in [1.165, 1.54) is 24.0 Å². The Morgan fingerprint density at radius 3 is 2.65 bits per heavy atom. The molecule has 1 amide bonds. The smallest absolute Gasteiger partial charge is 0.263 e. The van der Waals surface area contributed by atoms with Gasteiger partial charge in [-0.05, 0) is 30.7 Å². The first-order valence-corrected chi connectivity index (χ1v) is 9.97. The van der Waals surface area contributed by atoms with Crippen LogP contribution in [0.2, 0.25) is 10.0 Å². The highest BCUT2D eigenvalue weighted by molar-refractivity contribution is 7.92. The van der Waals surface area contributed by atoms with Crippen molar-refractivity contribution in [1.29, 1.82) is 0 Å². The predicted molar refractivity (Wildman–Crippen MR) is 102 cm³/mol. The quantitative estimate of drug-likeness (QED) is 0.827. The van der Waals surface area contributed by atoms with Gasteiger partial charge in [0.1, 0.15) is 17.3 Å². The summed E-state index contributed by atoms with van der Waals surface area (Å²) in [6.07, 6.45) is 0. The molecule has 2 aromatic rings. The van der Waals surface area contributed by atoms with Crippen LogP contribution in [0.15, 0.2) is 35.2 Å².